The van der Waals surface area contributed by atoms with Gasteiger partial charge in [-0.25, -0.2) is 0 Å². The van der Waals surface area contributed by atoms with Crippen molar-refractivity contribution in [1.82, 2.24) is 5.32 Å². The minimum absolute atomic E-state index is 0.169. The Hall–Kier alpha value is -3.12. The van der Waals surface area contributed by atoms with E-state index in [0.29, 0.717) is 24.7 Å². The van der Waals surface area contributed by atoms with Crippen LogP contribution in [0.25, 0.3) is 6.08 Å². The van der Waals surface area contributed by atoms with Crippen molar-refractivity contribution < 1.29 is 19.1 Å². The zero-order valence-corrected chi connectivity index (χ0v) is 15.7. The van der Waals surface area contributed by atoms with Crippen molar-refractivity contribution in [2.75, 3.05) is 25.6 Å². The summed E-state index contributed by atoms with van der Waals surface area (Å²) in [7, 11) is 1.60. The summed E-state index contributed by atoms with van der Waals surface area (Å²) in [6, 6.07) is 14.7. The van der Waals surface area contributed by atoms with Crippen LogP contribution in [0.15, 0.2) is 54.2 Å². The Morgan fingerprint density at radius 2 is 1.85 bits per heavy atom. The van der Waals surface area contributed by atoms with E-state index in [4.69, 9.17) is 9.47 Å². The average molecular weight is 368 g/mol. The van der Waals surface area contributed by atoms with Crippen molar-refractivity contribution in [1.29, 1.82) is 0 Å². The smallest absolute Gasteiger partial charge is 0.272 e. The molecule has 0 aliphatic carbocycles. The Balaban J connectivity index is 2.18. The van der Waals surface area contributed by atoms with Crippen LogP contribution >= 0.6 is 0 Å². The third-order valence-electron chi connectivity index (χ3n) is 3.69. The number of nitrogens with one attached hydrogen (secondary N) is 2. The Morgan fingerprint density at radius 3 is 2.56 bits per heavy atom. The Bertz CT molecular complexity index is 830. The third kappa shape index (κ3) is 6.60. The van der Waals surface area contributed by atoms with Gasteiger partial charge in [0.05, 0.1) is 6.61 Å². The van der Waals surface area contributed by atoms with Crippen LogP contribution in [0, 0.1) is 6.92 Å². The molecule has 0 saturated carbocycles. The third-order valence-corrected chi connectivity index (χ3v) is 3.69. The van der Waals surface area contributed by atoms with Gasteiger partial charge in [-0.2, -0.15) is 0 Å². The monoisotopic (exact) mass is 368 g/mol. The first-order chi connectivity index (χ1) is 13.0. The summed E-state index contributed by atoms with van der Waals surface area (Å²) in [5.41, 5.74) is 2.59. The molecule has 0 aromatic heterocycles. The van der Waals surface area contributed by atoms with Crippen LogP contribution in [0.4, 0.5) is 5.69 Å². The summed E-state index contributed by atoms with van der Waals surface area (Å²) in [6.07, 6.45) is 1.66. The summed E-state index contributed by atoms with van der Waals surface area (Å²) < 4.78 is 10.5. The van der Waals surface area contributed by atoms with Crippen molar-refractivity contribution in [3.8, 4) is 5.75 Å². The molecule has 0 unspecified atom stereocenters. The van der Waals surface area contributed by atoms with E-state index >= 15 is 0 Å². The van der Waals surface area contributed by atoms with E-state index in [9.17, 15) is 9.59 Å². The maximum atomic E-state index is 12.7. The van der Waals surface area contributed by atoms with Gasteiger partial charge in [-0.05, 0) is 36.3 Å². The van der Waals surface area contributed by atoms with E-state index in [2.05, 4.69) is 10.6 Å². The highest BCUT2D eigenvalue weighted by Crippen LogP contribution is 2.18. The van der Waals surface area contributed by atoms with Crippen molar-refractivity contribution >= 4 is 23.6 Å². The SMILES string of the molecule is COCCOc1cccc(NC(=O)/C(=C\c2ccccc2C)NC(C)=O)c1. The maximum absolute atomic E-state index is 12.7. The predicted molar refractivity (Wildman–Crippen MR) is 105 cm³/mol. The molecule has 0 heterocycles. The van der Waals surface area contributed by atoms with Crippen LogP contribution in [0.1, 0.15) is 18.1 Å². The van der Waals surface area contributed by atoms with Crippen LogP contribution in [0.3, 0.4) is 0 Å². The molecule has 0 aliphatic heterocycles. The number of amides is 2. The molecule has 0 spiro atoms. The topological polar surface area (TPSA) is 76.7 Å². The standard InChI is InChI=1S/C21H24N2O4/c1-15-7-4-5-8-17(15)13-20(22-16(2)24)21(25)23-18-9-6-10-19(14-18)27-12-11-26-3/h4-10,13-14H,11-12H2,1-3H3,(H,22,24)(H,23,25)/b20-13+. The summed E-state index contributed by atoms with van der Waals surface area (Å²) in [4.78, 5) is 24.2. The minimum Gasteiger partial charge on any atom is -0.491 e. The second-order valence-corrected chi connectivity index (χ2v) is 5.92. The fourth-order valence-corrected chi connectivity index (χ4v) is 2.36. The number of hydrogen-bond acceptors (Lipinski definition) is 4. The second-order valence-electron chi connectivity index (χ2n) is 5.92. The van der Waals surface area contributed by atoms with Gasteiger partial charge in [0.25, 0.3) is 5.91 Å². The van der Waals surface area contributed by atoms with Crippen LogP contribution < -0.4 is 15.4 Å². The van der Waals surface area contributed by atoms with Gasteiger partial charge >= 0.3 is 0 Å². The Labute approximate surface area is 159 Å². The lowest BCUT2D eigenvalue weighted by Gasteiger charge is -2.12. The van der Waals surface area contributed by atoms with E-state index in [0.717, 1.165) is 11.1 Å². The molecule has 27 heavy (non-hydrogen) atoms. The fraction of sp³-hybridized carbons (Fsp3) is 0.238. The Kier molecular flexibility index (Phi) is 7.58. The molecule has 2 aromatic carbocycles. The number of hydrogen-bond donors (Lipinski definition) is 2. The first kappa shape index (κ1) is 20.2. The predicted octanol–water partition coefficient (Wildman–Crippen LogP) is 3.14. The normalized spacial score (nSPS) is 11.0. The minimum atomic E-state index is -0.414. The quantitative estimate of drug-likeness (QED) is 0.554. The Morgan fingerprint density at radius 1 is 1.07 bits per heavy atom. The number of rotatable bonds is 8. The lowest BCUT2D eigenvalue weighted by molar-refractivity contribution is -0.120. The van der Waals surface area contributed by atoms with E-state index in [-0.39, 0.29) is 11.6 Å². The summed E-state index contributed by atoms with van der Waals surface area (Å²) in [5, 5.41) is 5.38. The van der Waals surface area contributed by atoms with E-state index < -0.39 is 5.91 Å². The van der Waals surface area contributed by atoms with Crippen molar-refractivity contribution in [3.05, 3.63) is 65.4 Å². The van der Waals surface area contributed by atoms with E-state index in [1.165, 1.54) is 6.92 Å². The van der Waals surface area contributed by atoms with Crippen LogP contribution in [-0.2, 0) is 14.3 Å². The molecule has 2 amide bonds. The van der Waals surface area contributed by atoms with Crippen molar-refractivity contribution in [2.45, 2.75) is 13.8 Å². The molecule has 142 valence electrons. The summed E-state index contributed by atoms with van der Waals surface area (Å²) in [6.45, 7) is 4.19. The zero-order chi connectivity index (χ0) is 19.6. The first-order valence-electron chi connectivity index (χ1n) is 8.57. The number of methoxy groups -OCH3 is 1. The van der Waals surface area contributed by atoms with Crippen molar-refractivity contribution in [2.24, 2.45) is 0 Å². The largest absolute Gasteiger partial charge is 0.491 e. The molecular formula is C21H24N2O4. The molecule has 2 N–H and O–H groups in total. The second kappa shape index (κ2) is 10.1. The molecule has 2 rings (SSSR count). The molecule has 0 saturated heterocycles. The lowest BCUT2D eigenvalue weighted by Crippen LogP contribution is -2.29. The number of carbonyl (C=O) groups is 2. The highest BCUT2D eigenvalue weighted by Gasteiger charge is 2.12. The van der Waals surface area contributed by atoms with Gasteiger partial charge < -0.3 is 20.1 Å². The molecule has 2 aromatic rings. The number of carbonyl (C=O) groups excluding carboxylic acids is 2. The molecule has 6 heteroatoms. The van der Waals surface area contributed by atoms with Crippen LogP contribution in [-0.4, -0.2) is 32.1 Å². The molecule has 0 radical (unpaired) electrons. The highest BCUT2D eigenvalue weighted by molar-refractivity contribution is 6.08. The van der Waals surface area contributed by atoms with Gasteiger partial charge in [0, 0.05) is 25.8 Å². The zero-order valence-electron chi connectivity index (χ0n) is 15.7. The molecular weight excluding hydrogens is 344 g/mol. The summed E-state index contributed by atoms with van der Waals surface area (Å²) in [5.74, 6) is -0.113. The van der Waals surface area contributed by atoms with Gasteiger partial charge in [0.2, 0.25) is 5.91 Å². The van der Waals surface area contributed by atoms with Gasteiger partial charge in [-0.1, -0.05) is 30.3 Å². The lowest BCUT2D eigenvalue weighted by atomic mass is 10.1. The highest BCUT2D eigenvalue weighted by atomic mass is 16.5. The number of aryl methyl sites for hydroxylation is 1. The molecule has 6 nitrogen and oxygen atoms in total. The van der Waals surface area contributed by atoms with Gasteiger partial charge in [0.1, 0.15) is 18.1 Å². The first-order valence-corrected chi connectivity index (χ1v) is 8.57. The van der Waals surface area contributed by atoms with E-state index in [1.54, 1.807) is 37.5 Å². The van der Waals surface area contributed by atoms with Gasteiger partial charge in [-0.3, -0.25) is 9.59 Å². The maximum Gasteiger partial charge on any atom is 0.272 e. The summed E-state index contributed by atoms with van der Waals surface area (Å²) >= 11 is 0. The van der Waals surface area contributed by atoms with Gasteiger partial charge in [0.15, 0.2) is 0 Å². The number of benzene rings is 2. The molecule has 0 bridgehead atoms. The van der Waals surface area contributed by atoms with E-state index in [1.807, 2.05) is 31.2 Å². The van der Waals surface area contributed by atoms with Gasteiger partial charge in [-0.15, -0.1) is 0 Å². The molecule has 0 atom stereocenters. The van der Waals surface area contributed by atoms with Crippen LogP contribution in [0.2, 0.25) is 0 Å². The van der Waals surface area contributed by atoms with Crippen LogP contribution in [0.5, 0.6) is 5.75 Å². The fourth-order valence-electron chi connectivity index (χ4n) is 2.36. The number of anilines is 1. The molecule has 0 fully saturated rings. The average Bonchev–Trinajstić information content (AvgIpc) is 2.63. The number of ether oxygens (including phenoxy) is 2. The molecule has 0 aliphatic rings. The van der Waals surface area contributed by atoms with Crippen molar-refractivity contribution in [3.63, 3.8) is 0 Å².